The quantitative estimate of drug-likeness (QED) is 0.583. The lowest BCUT2D eigenvalue weighted by molar-refractivity contribution is 0.255. The van der Waals surface area contributed by atoms with Crippen LogP contribution in [0.5, 0.6) is 0 Å². The van der Waals surface area contributed by atoms with E-state index in [9.17, 15) is 0 Å². The number of aliphatic hydroxyl groups is 1. The zero-order valence-electron chi connectivity index (χ0n) is 5.45. The third-order valence-electron chi connectivity index (χ3n) is 1.33. The molecule has 1 N–H and O–H groups in total. The second kappa shape index (κ2) is 3.25. The SMILES string of the molecule is CC1C=CSN1CCO. The van der Waals surface area contributed by atoms with E-state index in [-0.39, 0.29) is 6.61 Å². The van der Waals surface area contributed by atoms with Crippen LogP contribution in [0.25, 0.3) is 0 Å². The molecule has 1 aliphatic heterocycles. The van der Waals surface area contributed by atoms with Crippen LogP contribution in [0.15, 0.2) is 11.5 Å². The summed E-state index contributed by atoms with van der Waals surface area (Å²) in [5, 5.41) is 10.6. The van der Waals surface area contributed by atoms with E-state index >= 15 is 0 Å². The Hall–Kier alpha value is 0.01000. The summed E-state index contributed by atoms with van der Waals surface area (Å²) in [7, 11) is 0. The minimum atomic E-state index is 0.249. The van der Waals surface area contributed by atoms with Crippen LogP contribution in [0.1, 0.15) is 6.92 Å². The predicted octanol–water partition coefficient (Wildman–Crippen LogP) is 0.845. The van der Waals surface area contributed by atoms with Crippen molar-refractivity contribution in [2.24, 2.45) is 0 Å². The summed E-state index contributed by atoms with van der Waals surface area (Å²) < 4.78 is 2.14. The van der Waals surface area contributed by atoms with Gasteiger partial charge < -0.3 is 5.11 Å². The number of nitrogens with zero attached hydrogens (tertiary/aromatic N) is 1. The fourth-order valence-corrected chi connectivity index (χ4v) is 1.68. The van der Waals surface area contributed by atoms with Gasteiger partial charge in [0, 0.05) is 12.6 Å². The second-order valence-electron chi connectivity index (χ2n) is 2.04. The van der Waals surface area contributed by atoms with Crippen molar-refractivity contribution in [2.75, 3.05) is 13.2 Å². The number of hydrogen-bond donors (Lipinski definition) is 1. The lowest BCUT2D eigenvalue weighted by atomic mass is 10.3. The van der Waals surface area contributed by atoms with Crippen LogP contribution >= 0.6 is 11.9 Å². The van der Waals surface area contributed by atoms with Gasteiger partial charge in [0.25, 0.3) is 0 Å². The molecule has 0 aromatic carbocycles. The predicted molar refractivity (Wildman–Crippen MR) is 40.0 cm³/mol. The first-order valence-electron chi connectivity index (χ1n) is 3.05. The Labute approximate surface area is 59.7 Å². The van der Waals surface area contributed by atoms with Crippen LogP contribution in [0.3, 0.4) is 0 Å². The van der Waals surface area contributed by atoms with Crippen molar-refractivity contribution in [3.05, 3.63) is 11.5 Å². The Morgan fingerprint density at radius 1 is 1.78 bits per heavy atom. The van der Waals surface area contributed by atoms with Crippen LogP contribution < -0.4 is 0 Å². The summed E-state index contributed by atoms with van der Waals surface area (Å²) in [4.78, 5) is 0. The zero-order chi connectivity index (χ0) is 6.69. The van der Waals surface area contributed by atoms with Crippen LogP contribution in [0, 0.1) is 0 Å². The number of hydrogen-bond acceptors (Lipinski definition) is 3. The second-order valence-corrected chi connectivity index (χ2v) is 2.99. The van der Waals surface area contributed by atoms with Crippen molar-refractivity contribution >= 4 is 11.9 Å². The first-order chi connectivity index (χ1) is 4.34. The third kappa shape index (κ3) is 1.71. The minimum absolute atomic E-state index is 0.249. The van der Waals surface area contributed by atoms with Crippen molar-refractivity contribution in [3.8, 4) is 0 Å². The lowest BCUT2D eigenvalue weighted by Crippen LogP contribution is -2.24. The summed E-state index contributed by atoms with van der Waals surface area (Å²) in [5.74, 6) is 0. The summed E-state index contributed by atoms with van der Waals surface area (Å²) in [5.41, 5.74) is 0. The Bertz CT molecular complexity index is 116. The highest BCUT2D eigenvalue weighted by Gasteiger charge is 2.13. The van der Waals surface area contributed by atoms with Gasteiger partial charge >= 0.3 is 0 Å². The summed E-state index contributed by atoms with van der Waals surface area (Å²) in [6.45, 7) is 3.13. The maximum Gasteiger partial charge on any atom is 0.0568 e. The first-order valence-corrected chi connectivity index (χ1v) is 3.89. The fraction of sp³-hybridized carbons (Fsp3) is 0.667. The summed E-state index contributed by atoms with van der Waals surface area (Å²) in [6, 6.07) is 0.488. The maximum atomic E-state index is 8.56. The molecule has 0 fully saturated rings. The van der Waals surface area contributed by atoms with Gasteiger partial charge in [0.15, 0.2) is 0 Å². The molecular formula is C6H11NOS. The highest BCUT2D eigenvalue weighted by molar-refractivity contribution is 8.00. The molecule has 1 aliphatic rings. The van der Waals surface area contributed by atoms with Gasteiger partial charge in [0.2, 0.25) is 0 Å². The molecule has 1 unspecified atom stereocenters. The van der Waals surface area contributed by atoms with E-state index in [2.05, 4.69) is 22.7 Å². The minimum Gasteiger partial charge on any atom is -0.395 e. The first kappa shape index (κ1) is 7.12. The highest BCUT2D eigenvalue weighted by Crippen LogP contribution is 2.22. The highest BCUT2D eigenvalue weighted by atomic mass is 32.2. The zero-order valence-corrected chi connectivity index (χ0v) is 6.27. The van der Waals surface area contributed by atoms with Gasteiger partial charge in [0.1, 0.15) is 0 Å². The van der Waals surface area contributed by atoms with E-state index in [1.165, 1.54) is 0 Å². The molecule has 3 heteroatoms. The molecule has 2 nitrogen and oxygen atoms in total. The molecule has 0 saturated carbocycles. The molecule has 52 valence electrons. The lowest BCUT2D eigenvalue weighted by Gasteiger charge is -2.16. The standard InChI is InChI=1S/C6H11NOS/c1-6-2-5-9-7(6)3-4-8/h2,5-6,8H,3-4H2,1H3. The van der Waals surface area contributed by atoms with Crippen LogP contribution in [0.2, 0.25) is 0 Å². The number of aliphatic hydroxyl groups excluding tert-OH is 1. The van der Waals surface area contributed by atoms with Gasteiger partial charge in [-0.05, 0) is 24.3 Å². The topological polar surface area (TPSA) is 23.5 Å². The van der Waals surface area contributed by atoms with E-state index in [4.69, 9.17) is 5.11 Å². The van der Waals surface area contributed by atoms with E-state index < -0.39 is 0 Å². The van der Waals surface area contributed by atoms with Gasteiger partial charge in [-0.25, -0.2) is 4.31 Å². The van der Waals surface area contributed by atoms with Crippen molar-refractivity contribution in [3.63, 3.8) is 0 Å². The molecule has 9 heavy (non-hydrogen) atoms. The monoisotopic (exact) mass is 145 g/mol. The van der Waals surface area contributed by atoms with Gasteiger partial charge in [-0.3, -0.25) is 0 Å². The van der Waals surface area contributed by atoms with Crippen molar-refractivity contribution in [1.29, 1.82) is 0 Å². The smallest absolute Gasteiger partial charge is 0.0568 e. The third-order valence-corrected chi connectivity index (χ3v) is 2.39. The number of rotatable bonds is 2. The molecular weight excluding hydrogens is 134 g/mol. The molecule has 0 amide bonds. The van der Waals surface area contributed by atoms with Crippen molar-refractivity contribution in [1.82, 2.24) is 4.31 Å². The fourth-order valence-electron chi connectivity index (χ4n) is 0.774. The van der Waals surface area contributed by atoms with Crippen molar-refractivity contribution in [2.45, 2.75) is 13.0 Å². The molecule has 0 aromatic rings. The molecule has 0 aliphatic carbocycles. The average Bonchev–Trinajstić information content (AvgIpc) is 2.18. The van der Waals surface area contributed by atoms with Crippen LogP contribution in [0.4, 0.5) is 0 Å². The van der Waals surface area contributed by atoms with Gasteiger partial charge in [-0.15, -0.1) is 0 Å². The molecule has 0 radical (unpaired) electrons. The van der Waals surface area contributed by atoms with E-state index in [0.29, 0.717) is 6.04 Å². The van der Waals surface area contributed by atoms with Crippen LogP contribution in [-0.2, 0) is 0 Å². The summed E-state index contributed by atoms with van der Waals surface area (Å²) >= 11 is 1.67. The van der Waals surface area contributed by atoms with E-state index in [1.807, 2.05) is 0 Å². The van der Waals surface area contributed by atoms with Crippen molar-refractivity contribution < 1.29 is 5.11 Å². The molecule has 1 rings (SSSR count). The molecule has 0 bridgehead atoms. The largest absolute Gasteiger partial charge is 0.395 e. The van der Waals surface area contributed by atoms with E-state index in [1.54, 1.807) is 11.9 Å². The normalized spacial score (nSPS) is 27.6. The Morgan fingerprint density at radius 2 is 2.56 bits per heavy atom. The van der Waals surface area contributed by atoms with Gasteiger partial charge in [0.05, 0.1) is 6.61 Å². The molecule has 0 spiro atoms. The average molecular weight is 145 g/mol. The van der Waals surface area contributed by atoms with Crippen LogP contribution in [-0.4, -0.2) is 28.6 Å². The maximum absolute atomic E-state index is 8.56. The Balaban J connectivity index is 2.28. The Morgan fingerprint density at radius 3 is 3.00 bits per heavy atom. The molecule has 1 atom stereocenters. The van der Waals surface area contributed by atoms with Gasteiger partial charge in [-0.2, -0.15) is 0 Å². The number of β-amino-alcohol motifs (C(OH)–C–C–N with tert-alkyl or cyclic N) is 1. The van der Waals surface area contributed by atoms with E-state index in [0.717, 1.165) is 6.54 Å². The molecule has 1 heterocycles. The Kier molecular flexibility index (Phi) is 2.57. The van der Waals surface area contributed by atoms with Gasteiger partial charge in [-0.1, -0.05) is 6.08 Å². The molecule has 0 aromatic heterocycles. The molecule has 0 saturated heterocycles. The summed E-state index contributed by atoms with van der Waals surface area (Å²) in [6.07, 6.45) is 2.13.